The Hall–Kier alpha value is -1.81. The third kappa shape index (κ3) is 1.79. The summed E-state index contributed by atoms with van der Waals surface area (Å²) in [7, 11) is 0. The molecular formula is C12H15N3O. The Morgan fingerprint density at radius 3 is 2.56 bits per heavy atom. The predicted octanol–water partition coefficient (Wildman–Crippen LogP) is 1.36. The van der Waals surface area contributed by atoms with Gasteiger partial charge in [-0.15, -0.1) is 0 Å². The van der Waals surface area contributed by atoms with Gasteiger partial charge in [0.05, 0.1) is 5.69 Å². The van der Waals surface area contributed by atoms with Crippen molar-refractivity contribution in [2.24, 2.45) is 5.73 Å². The van der Waals surface area contributed by atoms with Crippen molar-refractivity contribution >= 4 is 0 Å². The van der Waals surface area contributed by atoms with Gasteiger partial charge < -0.3 is 10.7 Å². The standard InChI is InChI=1S/C12H15N3O/c1-12(2,13)9-5-3-4-6-10(9)15-8-7-14-11(15)16/h3-8H,13H2,1-2H3,(H,14,16). The van der Waals surface area contributed by atoms with E-state index < -0.39 is 5.54 Å². The van der Waals surface area contributed by atoms with E-state index in [9.17, 15) is 4.79 Å². The van der Waals surface area contributed by atoms with E-state index in [1.165, 1.54) is 0 Å². The summed E-state index contributed by atoms with van der Waals surface area (Å²) in [6.45, 7) is 3.84. The lowest BCUT2D eigenvalue weighted by atomic mass is 9.94. The highest BCUT2D eigenvalue weighted by atomic mass is 16.1. The summed E-state index contributed by atoms with van der Waals surface area (Å²) in [6.07, 6.45) is 3.32. The van der Waals surface area contributed by atoms with Crippen LogP contribution in [0.3, 0.4) is 0 Å². The van der Waals surface area contributed by atoms with Crippen LogP contribution in [0.25, 0.3) is 5.69 Å². The number of imidazole rings is 1. The maximum atomic E-state index is 11.6. The molecule has 2 aromatic rings. The highest BCUT2D eigenvalue weighted by molar-refractivity contribution is 5.44. The molecule has 0 amide bonds. The summed E-state index contributed by atoms with van der Waals surface area (Å²) >= 11 is 0. The molecule has 4 heteroatoms. The zero-order valence-corrected chi connectivity index (χ0v) is 9.40. The van der Waals surface area contributed by atoms with Crippen molar-refractivity contribution in [3.63, 3.8) is 0 Å². The monoisotopic (exact) mass is 217 g/mol. The van der Waals surface area contributed by atoms with Crippen LogP contribution in [0.1, 0.15) is 19.4 Å². The smallest absolute Gasteiger partial charge is 0.322 e. The van der Waals surface area contributed by atoms with Crippen LogP contribution in [0, 0.1) is 0 Å². The Labute approximate surface area is 93.7 Å². The van der Waals surface area contributed by atoms with E-state index in [0.717, 1.165) is 11.3 Å². The van der Waals surface area contributed by atoms with E-state index in [2.05, 4.69) is 4.98 Å². The van der Waals surface area contributed by atoms with Crippen LogP contribution in [-0.4, -0.2) is 9.55 Å². The molecule has 0 spiro atoms. The summed E-state index contributed by atoms with van der Waals surface area (Å²) in [4.78, 5) is 14.2. The van der Waals surface area contributed by atoms with E-state index in [4.69, 9.17) is 5.73 Å². The summed E-state index contributed by atoms with van der Waals surface area (Å²) in [5, 5.41) is 0. The van der Waals surface area contributed by atoms with Crippen LogP contribution in [0.4, 0.5) is 0 Å². The number of nitrogens with zero attached hydrogens (tertiary/aromatic N) is 1. The van der Waals surface area contributed by atoms with Gasteiger partial charge in [0.15, 0.2) is 0 Å². The quantitative estimate of drug-likeness (QED) is 0.797. The highest BCUT2D eigenvalue weighted by Gasteiger charge is 2.19. The maximum absolute atomic E-state index is 11.6. The molecule has 0 aliphatic heterocycles. The summed E-state index contributed by atoms with van der Waals surface area (Å²) < 4.78 is 1.56. The van der Waals surface area contributed by atoms with Gasteiger partial charge in [-0.3, -0.25) is 4.57 Å². The summed E-state index contributed by atoms with van der Waals surface area (Å²) in [6, 6.07) is 7.64. The van der Waals surface area contributed by atoms with E-state index in [1.807, 2.05) is 38.1 Å². The van der Waals surface area contributed by atoms with Crippen molar-refractivity contribution in [1.82, 2.24) is 9.55 Å². The lowest BCUT2D eigenvalue weighted by molar-refractivity contribution is 0.551. The second kappa shape index (κ2) is 3.64. The van der Waals surface area contributed by atoms with Gasteiger partial charge in [-0.25, -0.2) is 4.79 Å². The lowest BCUT2D eigenvalue weighted by Gasteiger charge is -2.22. The van der Waals surface area contributed by atoms with Crippen molar-refractivity contribution in [1.29, 1.82) is 0 Å². The third-order valence-electron chi connectivity index (χ3n) is 2.51. The zero-order valence-electron chi connectivity index (χ0n) is 9.40. The Balaban J connectivity index is 2.67. The van der Waals surface area contributed by atoms with Gasteiger partial charge in [-0.2, -0.15) is 0 Å². The average molecular weight is 217 g/mol. The number of hydrogen-bond acceptors (Lipinski definition) is 2. The minimum atomic E-state index is -0.479. The predicted molar refractivity (Wildman–Crippen MR) is 63.6 cm³/mol. The Morgan fingerprint density at radius 2 is 2.00 bits per heavy atom. The number of aromatic amines is 1. The maximum Gasteiger partial charge on any atom is 0.330 e. The molecular weight excluding hydrogens is 202 g/mol. The van der Waals surface area contributed by atoms with Crippen molar-refractivity contribution in [3.05, 3.63) is 52.7 Å². The largest absolute Gasteiger partial charge is 0.330 e. The molecule has 0 atom stereocenters. The second-order valence-electron chi connectivity index (χ2n) is 4.37. The van der Waals surface area contributed by atoms with Crippen LogP contribution < -0.4 is 11.4 Å². The van der Waals surface area contributed by atoms with Gasteiger partial charge in [0.2, 0.25) is 0 Å². The average Bonchev–Trinajstić information content (AvgIpc) is 2.63. The van der Waals surface area contributed by atoms with Crippen LogP contribution in [0.2, 0.25) is 0 Å². The van der Waals surface area contributed by atoms with Crippen LogP contribution in [0.15, 0.2) is 41.5 Å². The molecule has 0 aliphatic carbocycles. The number of nitrogens with one attached hydrogen (secondary N) is 1. The minimum absolute atomic E-state index is 0.156. The molecule has 0 saturated carbocycles. The fourth-order valence-electron chi connectivity index (χ4n) is 1.74. The molecule has 2 rings (SSSR count). The number of hydrogen-bond donors (Lipinski definition) is 2. The third-order valence-corrected chi connectivity index (χ3v) is 2.51. The van der Waals surface area contributed by atoms with Gasteiger partial charge in [0.25, 0.3) is 0 Å². The molecule has 1 aromatic heterocycles. The molecule has 3 N–H and O–H groups in total. The normalized spacial score (nSPS) is 11.7. The number of para-hydroxylation sites is 1. The van der Waals surface area contributed by atoms with E-state index in [0.29, 0.717) is 0 Å². The number of nitrogens with two attached hydrogens (primary N) is 1. The van der Waals surface area contributed by atoms with Crippen LogP contribution in [0.5, 0.6) is 0 Å². The van der Waals surface area contributed by atoms with Crippen LogP contribution in [-0.2, 0) is 5.54 Å². The van der Waals surface area contributed by atoms with Crippen molar-refractivity contribution in [3.8, 4) is 5.69 Å². The van der Waals surface area contributed by atoms with E-state index in [-0.39, 0.29) is 5.69 Å². The van der Waals surface area contributed by atoms with Crippen molar-refractivity contribution in [2.45, 2.75) is 19.4 Å². The van der Waals surface area contributed by atoms with E-state index in [1.54, 1.807) is 17.0 Å². The van der Waals surface area contributed by atoms with Gasteiger partial charge in [-0.1, -0.05) is 18.2 Å². The first-order chi connectivity index (χ1) is 7.50. The zero-order chi connectivity index (χ0) is 11.8. The van der Waals surface area contributed by atoms with Gasteiger partial charge in [0.1, 0.15) is 0 Å². The number of H-pyrrole nitrogens is 1. The molecule has 0 fully saturated rings. The molecule has 0 radical (unpaired) electrons. The molecule has 1 heterocycles. The Bertz CT molecular complexity index is 546. The molecule has 0 aliphatic rings. The second-order valence-corrected chi connectivity index (χ2v) is 4.37. The first-order valence-corrected chi connectivity index (χ1v) is 5.15. The molecule has 0 unspecified atom stereocenters. The van der Waals surface area contributed by atoms with Crippen molar-refractivity contribution < 1.29 is 0 Å². The Morgan fingerprint density at radius 1 is 1.31 bits per heavy atom. The molecule has 84 valence electrons. The summed E-state index contributed by atoms with van der Waals surface area (Å²) in [5.74, 6) is 0. The summed E-state index contributed by atoms with van der Waals surface area (Å²) in [5.41, 5.74) is 7.22. The fraction of sp³-hybridized carbons (Fsp3) is 0.250. The highest BCUT2D eigenvalue weighted by Crippen LogP contribution is 2.23. The molecule has 0 saturated heterocycles. The molecule has 1 aromatic carbocycles. The lowest BCUT2D eigenvalue weighted by Crippen LogP contribution is -2.31. The van der Waals surface area contributed by atoms with Gasteiger partial charge >= 0.3 is 5.69 Å². The SMILES string of the molecule is CC(C)(N)c1ccccc1-n1cc[nH]c1=O. The molecule has 0 bridgehead atoms. The number of benzene rings is 1. The van der Waals surface area contributed by atoms with Crippen LogP contribution >= 0.6 is 0 Å². The first kappa shape index (κ1) is 10.7. The Kier molecular flexibility index (Phi) is 2.44. The van der Waals surface area contributed by atoms with Gasteiger partial charge in [-0.05, 0) is 25.5 Å². The number of aromatic nitrogens is 2. The first-order valence-electron chi connectivity index (χ1n) is 5.15. The molecule has 4 nitrogen and oxygen atoms in total. The molecule has 16 heavy (non-hydrogen) atoms. The van der Waals surface area contributed by atoms with Crippen molar-refractivity contribution in [2.75, 3.05) is 0 Å². The van der Waals surface area contributed by atoms with Gasteiger partial charge in [0, 0.05) is 17.9 Å². The minimum Gasteiger partial charge on any atom is -0.322 e. The topological polar surface area (TPSA) is 63.8 Å². The van der Waals surface area contributed by atoms with E-state index >= 15 is 0 Å². The fourth-order valence-corrected chi connectivity index (χ4v) is 1.74. The number of rotatable bonds is 2.